The molecule has 2 aromatic rings. The van der Waals surface area contributed by atoms with Gasteiger partial charge in [0.25, 0.3) is 0 Å². The van der Waals surface area contributed by atoms with E-state index < -0.39 is 0 Å². The first-order valence-electron chi connectivity index (χ1n) is 7.26. The average Bonchev–Trinajstić information content (AvgIpc) is 2.50. The molecule has 0 saturated carbocycles. The number of pyridine rings is 1. The van der Waals surface area contributed by atoms with Gasteiger partial charge in [0.15, 0.2) is 0 Å². The number of rotatable bonds is 3. The zero-order valence-corrected chi connectivity index (χ0v) is 11.8. The van der Waals surface area contributed by atoms with Crippen LogP contribution in [0.1, 0.15) is 12.8 Å². The van der Waals surface area contributed by atoms with Gasteiger partial charge in [-0.2, -0.15) is 0 Å². The van der Waals surface area contributed by atoms with E-state index >= 15 is 0 Å². The molecule has 1 fully saturated rings. The van der Waals surface area contributed by atoms with Gasteiger partial charge in [0.1, 0.15) is 0 Å². The summed E-state index contributed by atoms with van der Waals surface area (Å²) in [5.41, 5.74) is 1.67. The van der Waals surface area contributed by atoms with Gasteiger partial charge in [-0.05, 0) is 37.1 Å². The van der Waals surface area contributed by atoms with Crippen molar-refractivity contribution in [1.29, 1.82) is 0 Å². The Labute approximate surface area is 123 Å². The number of benzene rings is 1. The summed E-state index contributed by atoms with van der Waals surface area (Å²) in [5.74, 6) is -0.0252. The first-order valence-corrected chi connectivity index (χ1v) is 7.26. The van der Waals surface area contributed by atoms with Gasteiger partial charge in [-0.15, -0.1) is 0 Å². The Hall–Kier alpha value is -1.98. The van der Waals surface area contributed by atoms with Crippen molar-refractivity contribution in [1.82, 2.24) is 9.88 Å². The van der Waals surface area contributed by atoms with Gasteiger partial charge in [-0.3, -0.25) is 14.7 Å². The van der Waals surface area contributed by atoms with Gasteiger partial charge < -0.3 is 10.4 Å². The second-order valence-corrected chi connectivity index (χ2v) is 5.43. The van der Waals surface area contributed by atoms with E-state index in [0.717, 1.165) is 42.5 Å². The molecule has 1 aliphatic rings. The first-order chi connectivity index (χ1) is 10.2. The molecular formula is C16H19N3O2. The van der Waals surface area contributed by atoms with Crippen LogP contribution in [0.5, 0.6) is 0 Å². The third-order valence-electron chi connectivity index (χ3n) is 3.84. The van der Waals surface area contributed by atoms with E-state index in [1.54, 1.807) is 6.20 Å². The van der Waals surface area contributed by atoms with Gasteiger partial charge in [-0.25, -0.2) is 0 Å². The minimum atomic E-state index is -0.214. The van der Waals surface area contributed by atoms with E-state index in [9.17, 15) is 9.90 Å². The lowest BCUT2D eigenvalue weighted by Gasteiger charge is -2.28. The Kier molecular flexibility index (Phi) is 4.13. The lowest BCUT2D eigenvalue weighted by atomic mass is 10.1. The molecule has 0 unspecified atom stereocenters. The first kappa shape index (κ1) is 14.0. The van der Waals surface area contributed by atoms with Gasteiger partial charge in [0, 0.05) is 24.7 Å². The van der Waals surface area contributed by atoms with Crippen LogP contribution in [0.4, 0.5) is 5.69 Å². The standard InChI is InChI=1S/C16H19N3O2/c20-12-6-9-19(10-7-12)11-16(21)18-15-5-1-4-14-13(15)3-2-8-17-14/h1-5,8,12,20H,6-7,9-11H2,(H,18,21). The number of hydrogen-bond donors (Lipinski definition) is 2. The third-order valence-corrected chi connectivity index (χ3v) is 3.84. The highest BCUT2D eigenvalue weighted by atomic mass is 16.3. The molecule has 110 valence electrons. The number of fused-ring (bicyclic) bond motifs is 1. The molecule has 1 saturated heterocycles. The Morgan fingerprint density at radius 2 is 2.10 bits per heavy atom. The van der Waals surface area contributed by atoms with Crippen LogP contribution >= 0.6 is 0 Å². The quantitative estimate of drug-likeness (QED) is 0.899. The summed E-state index contributed by atoms with van der Waals surface area (Å²) in [6, 6.07) is 9.53. The second kappa shape index (κ2) is 6.20. The second-order valence-electron chi connectivity index (χ2n) is 5.43. The molecule has 0 radical (unpaired) electrons. The van der Waals surface area contributed by atoms with E-state index in [-0.39, 0.29) is 12.0 Å². The minimum Gasteiger partial charge on any atom is -0.393 e. The van der Waals surface area contributed by atoms with Crippen molar-refractivity contribution in [2.75, 3.05) is 25.0 Å². The van der Waals surface area contributed by atoms with Crippen LogP contribution in [0.25, 0.3) is 10.9 Å². The molecule has 1 aromatic heterocycles. The summed E-state index contributed by atoms with van der Waals surface area (Å²) >= 11 is 0. The molecule has 0 spiro atoms. The van der Waals surface area contributed by atoms with Crippen molar-refractivity contribution in [2.24, 2.45) is 0 Å². The molecule has 2 N–H and O–H groups in total. The number of nitrogens with one attached hydrogen (secondary N) is 1. The Morgan fingerprint density at radius 3 is 2.90 bits per heavy atom. The highest BCUT2D eigenvalue weighted by molar-refractivity contribution is 6.01. The van der Waals surface area contributed by atoms with Crippen molar-refractivity contribution in [3.63, 3.8) is 0 Å². The molecule has 21 heavy (non-hydrogen) atoms. The van der Waals surface area contributed by atoms with Crippen molar-refractivity contribution < 1.29 is 9.90 Å². The highest BCUT2D eigenvalue weighted by Gasteiger charge is 2.19. The number of anilines is 1. The predicted molar refractivity (Wildman–Crippen MR) is 82.1 cm³/mol. The van der Waals surface area contributed by atoms with Gasteiger partial charge in [-0.1, -0.05) is 6.07 Å². The molecule has 2 heterocycles. The molecule has 5 heteroatoms. The van der Waals surface area contributed by atoms with Crippen molar-refractivity contribution in [3.05, 3.63) is 36.5 Å². The van der Waals surface area contributed by atoms with Crippen LogP contribution in [-0.4, -0.2) is 46.6 Å². The molecule has 0 atom stereocenters. The van der Waals surface area contributed by atoms with Gasteiger partial charge >= 0.3 is 0 Å². The number of aliphatic hydroxyl groups excluding tert-OH is 1. The van der Waals surface area contributed by atoms with E-state index in [4.69, 9.17) is 0 Å². The molecule has 0 bridgehead atoms. The molecule has 0 aliphatic carbocycles. The topological polar surface area (TPSA) is 65.5 Å². The fourth-order valence-corrected chi connectivity index (χ4v) is 2.68. The molecule has 3 rings (SSSR count). The normalized spacial score (nSPS) is 17.0. The number of amides is 1. The molecule has 1 aliphatic heterocycles. The van der Waals surface area contributed by atoms with Crippen molar-refractivity contribution in [2.45, 2.75) is 18.9 Å². The zero-order valence-electron chi connectivity index (χ0n) is 11.8. The fourth-order valence-electron chi connectivity index (χ4n) is 2.68. The smallest absolute Gasteiger partial charge is 0.238 e. The van der Waals surface area contributed by atoms with E-state index in [2.05, 4.69) is 15.2 Å². The number of aliphatic hydroxyl groups is 1. The van der Waals surface area contributed by atoms with E-state index in [1.807, 2.05) is 30.3 Å². The number of likely N-dealkylation sites (tertiary alicyclic amines) is 1. The summed E-state index contributed by atoms with van der Waals surface area (Å²) in [7, 11) is 0. The molecular weight excluding hydrogens is 266 g/mol. The number of piperidine rings is 1. The molecule has 5 nitrogen and oxygen atoms in total. The van der Waals surface area contributed by atoms with Crippen LogP contribution in [0.2, 0.25) is 0 Å². The lowest BCUT2D eigenvalue weighted by molar-refractivity contribution is -0.117. The molecule has 1 amide bonds. The Balaban J connectivity index is 1.66. The third kappa shape index (κ3) is 3.37. The number of carbonyl (C=O) groups is 1. The van der Waals surface area contributed by atoms with Crippen LogP contribution in [0.15, 0.2) is 36.5 Å². The summed E-state index contributed by atoms with van der Waals surface area (Å²) in [6.45, 7) is 1.90. The highest BCUT2D eigenvalue weighted by Crippen LogP contribution is 2.21. The Bertz CT molecular complexity index is 631. The summed E-state index contributed by atoms with van der Waals surface area (Å²) < 4.78 is 0. The van der Waals surface area contributed by atoms with Crippen LogP contribution in [-0.2, 0) is 4.79 Å². The van der Waals surface area contributed by atoms with Crippen LogP contribution < -0.4 is 5.32 Å². The maximum absolute atomic E-state index is 12.2. The van der Waals surface area contributed by atoms with Crippen molar-refractivity contribution >= 4 is 22.5 Å². The molecule has 1 aromatic carbocycles. The summed E-state index contributed by atoms with van der Waals surface area (Å²) in [5, 5.41) is 13.4. The number of carbonyl (C=O) groups excluding carboxylic acids is 1. The summed E-state index contributed by atoms with van der Waals surface area (Å²) in [4.78, 5) is 18.5. The maximum atomic E-state index is 12.2. The summed E-state index contributed by atoms with van der Waals surface area (Å²) in [6.07, 6.45) is 3.01. The zero-order chi connectivity index (χ0) is 14.7. The number of nitrogens with zero attached hydrogens (tertiary/aromatic N) is 2. The largest absolute Gasteiger partial charge is 0.393 e. The number of aromatic nitrogens is 1. The SMILES string of the molecule is O=C(CN1CCC(O)CC1)Nc1cccc2ncccc12. The van der Waals surface area contributed by atoms with Crippen molar-refractivity contribution in [3.8, 4) is 0 Å². The van der Waals surface area contributed by atoms with Gasteiger partial charge in [0.05, 0.1) is 23.9 Å². The van der Waals surface area contributed by atoms with Crippen LogP contribution in [0, 0.1) is 0 Å². The van der Waals surface area contributed by atoms with Crippen LogP contribution in [0.3, 0.4) is 0 Å². The predicted octanol–water partition coefficient (Wildman–Crippen LogP) is 1.63. The maximum Gasteiger partial charge on any atom is 0.238 e. The Morgan fingerprint density at radius 1 is 1.29 bits per heavy atom. The monoisotopic (exact) mass is 285 g/mol. The van der Waals surface area contributed by atoms with E-state index in [0.29, 0.717) is 6.54 Å². The fraction of sp³-hybridized carbons (Fsp3) is 0.375. The lowest BCUT2D eigenvalue weighted by Crippen LogP contribution is -2.40. The van der Waals surface area contributed by atoms with E-state index in [1.165, 1.54) is 0 Å². The average molecular weight is 285 g/mol. The minimum absolute atomic E-state index is 0.0252. The number of hydrogen-bond acceptors (Lipinski definition) is 4. The van der Waals surface area contributed by atoms with Gasteiger partial charge in [0.2, 0.25) is 5.91 Å².